The van der Waals surface area contributed by atoms with Crippen LogP contribution in [0.4, 0.5) is 0 Å². The SMILES string of the molecule is O=C(c1ccc(Br)cc1)N(Cc1cccs1)[C@@H]1CCS(=O)(=O)C1. The van der Waals surface area contributed by atoms with Crippen molar-refractivity contribution in [2.75, 3.05) is 11.5 Å². The Morgan fingerprint density at radius 2 is 2.00 bits per heavy atom. The molecule has 122 valence electrons. The van der Waals surface area contributed by atoms with Crippen LogP contribution in [0.3, 0.4) is 0 Å². The second kappa shape index (κ2) is 6.75. The topological polar surface area (TPSA) is 54.5 Å². The lowest BCUT2D eigenvalue weighted by Gasteiger charge is -2.28. The lowest BCUT2D eigenvalue weighted by molar-refractivity contribution is 0.0683. The van der Waals surface area contributed by atoms with E-state index in [1.807, 2.05) is 29.6 Å². The van der Waals surface area contributed by atoms with Gasteiger partial charge in [0.2, 0.25) is 0 Å². The van der Waals surface area contributed by atoms with Crippen molar-refractivity contribution in [1.29, 1.82) is 0 Å². The Hall–Kier alpha value is -1.18. The highest BCUT2D eigenvalue weighted by Crippen LogP contribution is 2.24. The molecule has 3 rings (SSSR count). The first kappa shape index (κ1) is 16.7. The highest BCUT2D eigenvalue weighted by atomic mass is 79.9. The van der Waals surface area contributed by atoms with Crippen LogP contribution in [0.25, 0.3) is 0 Å². The Morgan fingerprint density at radius 3 is 2.57 bits per heavy atom. The maximum Gasteiger partial charge on any atom is 0.254 e. The number of nitrogens with zero attached hydrogens (tertiary/aromatic N) is 1. The van der Waals surface area contributed by atoms with Gasteiger partial charge in [0.05, 0.1) is 18.1 Å². The van der Waals surface area contributed by atoms with Crippen LogP contribution < -0.4 is 0 Å². The van der Waals surface area contributed by atoms with Crippen LogP contribution in [0.2, 0.25) is 0 Å². The zero-order valence-electron chi connectivity index (χ0n) is 12.3. The monoisotopic (exact) mass is 413 g/mol. The molecule has 0 aliphatic carbocycles. The van der Waals surface area contributed by atoms with Crippen molar-refractivity contribution in [3.8, 4) is 0 Å². The number of thiophene rings is 1. The Bertz CT molecular complexity index is 785. The van der Waals surface area contributed by atoms with E-state index in [1.54, 1.807) is 28.4 Å². The first-order valence-corrected chi connectivity index (χ1v) is 10.7. The van der Waals surface area contributed by atoms with Crippen molar-refractivity contribution in [1.82, 2.24) is 4.90 Å². The molecule has 0 N–H and O–H groups in total. The van der Waals surface area contributed by atoms with E-state index in [2.05, 4.69) is 15.9 Å². The fraction of sp³-hybridized carbons (Fsp3) is 0.312. The van der Waals surface area contributed by atoms with Gasteiger partial charge >= 0.3 is 0 Å². The molecule has 1 amide bonds. The number of carbonyl (C=O) groups excluding carboxylic acids is 1. The number of amides is 1. The van der Waals surface area contributed by atoms with E-state index in [4.69, 9.17) is 0 Å². The van der Waals surface area contributed by atoms with Gasteiger partial charge in [-0.15, -0.1) is 11.3 Å². The first-order valence-electron chi connectivity index (χ1n) is 7.24. The van der Waals surface area contributed by atoms with E-state index in [1.165, 1.54) is 0 Å². The summed E-state index contributed by atoms with van der Waals surface area (Å²) in [7, 11) is -3.04. The number of hydrogen-bond donors (Lipinski definition) is 0. The van der Waals surface area contributed by atoms with Gasteiger partial charge < -0.3 is 4.90 Å². The number of sulfone groups is 1. The third-order valence-corrected chi connectivity index (χ3v) is 7.05. The molecule has 0 unspecified atom stereocenters. The van der Waals surface area contributed by atoms with E-state index in [9.17, 15) is 13.2 Å². The van der Waals surface area contributed by atoms with Crippen molar-refractivity contribution in [2.24, 2.45) is 0 Å². The van der Waals surface area contributed by atoms with Crippen molar-refractivity contribution in [3.05, 3.63) is 56.7 Å². The summed E-state index contributed by atoms with van der Waals surface area (Å²) in [4.78, 5) is 15.7. The summed E-state index contributed by atoms with van der Waals surface area (Å²) in [5.41, 5.74) is 0.578. The summed E-state index contributed by atoms with van der Waals surface area (Å²) in [5.74, 6) is 0.0976. The van der Waals surface area contributed by atoms with Gasteiger partial charge in [0, 0.05) is 21.0 Å². The lowest BCUT2D eigenvalue weighted by atomic mass is 10.1. The molecule has 0 bridgehead atoms. The Labute approximate surface area is 148 Å². The molecule has 1 saturated heterocycles. The van der Waals surface area contributed by atoms with Gasteiger partial charge in [-0.2, -0.15) is 0 Å². The van der Waals surface area contributed by atoms with Crippen LogP contribution in [0, 0.1) is 0 Å². The third kappa shape index (κ3) is 4.02. The van der Waals surface area contributed by atoms with Crippen molar-refractivity contribution >= 4 is 43.0 Å². The van der Waals surface area contributed by atoms with E-state index < -0.39 is 9.84 Å². The largest absolute Gasteiger partial charge is 0.329 e. The summed E-state index contributed by atoms with van der Waals surface area (Å²) in [6.45, 7) is 0.451. The van der Waals surface area contributed by atoms with Crippen LogP contribution in [0.5, 0.6) is 0 Å². The minimum absolute atomic E-state index is 0.0562. The summed E-state index contributed by atoms with van der Waals surface area (Å²) < 4.78 is 24.5. The van der Waals surface area contributed by atoms with Gasteiger partial charge in [-0.1, -0.05) is 22.0 Å². The molecule has 0 saturated carbocycles. The Morgan fingerprint density at radius 1 is 1.26 bits per heavy atom. The molecule has 1 fully saturated rings. The summed E-state index contributed by atoms with van der Waals surface area (Å²) in [6.07, 6.45) is 0.510. The quantitative estimate of drug-likeness (QED) is 0.771. The van der Waals surface area contributed by atoms with Crippen LogP contribution in [0.1, 0.15) is 21.7 Å². The molecule has 0 spiro atoms. The minimum Gasteiger partial charge on any atom is -0.329 e. The number of hydrogen-bond acceptors (Lipinski definition) is 4. The van der Waals surface area contributed by atoms with Gasteiger partial charge in [0.25, 0.3) is 5.91 Å². The van der Waals surface area contributed by atoms with Crippen LogP contribution in [0.15, 0.2) is 46.3 Å². The molecule has 1 aliphatic heterocycles. The van der Waals surface area contributed by atoms with E-state index in [0.717, 1.165) is 9.35 Å². The normalized spacial score (nSPS) is 19.6. The van der Waals surface area contributed by atoms with Crippen LogP contribution in [-0.4, -0.2) is 36.8 Å². The molecule has 7 heteroatoms. The molecule has 2 heterocycles. The number of rotatable bonds is 4. The number of benzene rings is 1. The van der Waals surface area contributed by atoms with Gasteiger partial charge in [-0.3, -0.25) is 4.79 Å². The van der Waals surface area contributed by atoms with Gasteiger partial charge in [0.1, 0.15) is 0 Å². The van der Waals surface area contributed by atoms with E-state index >= 15 is 0 Å². The smallest absolute Gasteiger partial charge is 0.254 e. The average molecular weight is 414 g/mol. The third-order valence-electron chi connectivity index (χ3n) is 3.91. The summed E-state index contributed by atoms with van der Waals surface area (Å²) in [6, 6.07) is 10.8. The minimum atomic E-state index is -3.04. The zero-order valence-corrected chi connectivity index (χ0v) is 15.5. The van der Waals surface area contributed by atoms with Crippen molar-refractivity contribution < 1.29 is 13.2 Å². The lowest BCUT2D eigenvalue weighted by Crippen LogP contribution is -2.40. The number of carbonyl (C=O) groups is 1. The standard InChI is InChI=1S/C16H16BrNO3S2/c17-13-5-3-12(4-6-13)16(19)18(10-15-2-1-8-22-15)14-7-9-23(20,21)11-14/h1-6,8,14H,7,9-11H2/t14-/m1/s1. The maximum atomic E-state index is 12.9. The first-order chi connectivity index (χ1) is 10.9. The van der Waals surface area contributed by atoms with Crippen molar-refractivity contribution in [2.45, 2.75) is 19.0 Å². The molecule has 1 atom stereocenters. The molecule has 2 aromatic rings. The zero-order chi connectivity index (χ0) is 16.4. The number of halogens is 1. The fourth-order valence-corrected chi connectivity index (χ4v) is 5.41. The van der Waals surface area contributed by atoms with Gasteiger partial charge in [-0.25, -0.2) is 8.42 Å². The molecule has 23 heavy (non-hydrogen) atoms. The summed E-state index contributed by atoms with van der Waals surface area (Å²) >= 11 is 4.93. The van der Waals surface area contributed by atoms with Gasteiger partial charge in [0.15, 0.2) is 9.84 Å². The summed E-state index contributed by atoms with van der Waals surface area (Å²) in [5, 5.41) is 1.96. The fourth-order valence-electron chi connectivity index (χ4n) is 2.72. The van der Waals surface area contributed by atoms with E-state index in [-0.39, 0.29) is 23.5 Å². The highest BCUT2D eigenvalue weighted by Gasteiger charge is 2.35. The Balaban J connectivity index is 1.88. The molecule has 1 aromatic heterocycles. The molecular weight excluding hydrogens is 398 g/mol. The van der Waals surface area contributed by atoms with E-state index in [0.29, 0.717) is 18.5 Å². The molecule has 4 nitrogen and oxygen atoms in total. The molecule has 1 aromatic carbocycles. The molecular formula is C16H16BrNO3S2. The second-order valence-electron chi connectivity index (χ2n) is 5.58. The second-order valence-corrected chi connectivity index (χ2v) is 9.75. The van der Waals surface area contributed by atoms with Crippen LogP contribution in [-0.2, 0) is 16.4 Å². The predicted octanol–water partition coefficient (Wildman–Crippen LogP) is 3.34. The van der Waals surface area contributed by atoms with Gasteiger partial charge in [-0.05, 0) is 42.1 Å². The molecule has 0 radical (unpaired) electrons. The maximum absolute atomic E-state index is 12.9. The molecule has 1 aliphatic rings. The van der Waals surface area contributed by atoms with Crippen molar-refractivity contribution in [3.63, 3.8) is 0 Å². The van der Waals surface area contributed by atoms with Crippen LogP contribution >= 0.6 is 27.3 Å². The highest BCUT2D eigenvalue weighted by molar-refractivity contribution is 9.10. The predicted molar refractivity (Wildman–Crippen MR) is 95.4 cm³/mol. The Kier molecular flexibility index (Phi) is 4.89. The average Bonchev–Trinajstić information content (AvgIpc) is 3.14.